The van der Waals surface area contributed by atoms with Crippen LogP contribution in [0.2, 0.25) is 0 Å². The third kappa shape index (κ3) is 3.61. The third-order valence-corrected chi connectivity index (χ3v) is 4.04. The average molecular weight is 363 g/mol. The van der Waals surface area contributed by atoms with Crippen molar-refractivity contribution in [3.8, 4) is 22.8 Å². The molecule has 4 aromatic rings. The van der Waals surface area contributed by atoms with E-state index in [-0.39, 0.29) is 5.91 Å². The van der Waals surface area contributed by atoms with Crippen LogP contribution in [-0.4, -0.2) is 42.3 Å². The van der Waals surface area contributed by atoms with E-state index in [1.165, 1.54) is 0 Å². The molecule has 4 rings (SSSR count). The maximum atomic E-state index is 12.3. The SMILES string of the molecule is Cn1cccc1-c1cc(C(=O)NCCc2nc(-c3cccnc3)no2)[nH]n1. The van der Waals surface area contributed by atoms with Crippen molar-refractivity contribution in [3.63, 3.8) is 0 Å². The van der Waals surface area contributed by atoms with Gasteiger partial charge in [-0.05, 0) is 30.3 Å². The molecule has 0 unspecified atom stereocenters. The van der Waals surface area contributed by atoms with Gasteiger partial charge in [-0.15, -0.1) is 0 Å². The zero-order valence-corrected chi connectivity index (χ0v) is 14.6. The van der Waals surface area contributed by atoms with Crippen LogP contribution in [0.3, 0.4) is 0 Å². The van der Waals surface area contributed by atoms with Gasteiger partial charge in [-0.2, -0.15) is 10.1 Å². The lowest BCUT2D eigenvalue weighted by Crippen LogP contribution is -2.26. The molecule has 136 valence electrons. The predicted molar refractivity (Wildman–Crippen MR) is 96.6 cm³/mol. The number of aryl methyl sites for hydroxylation is 1. The lowest BCUT2D eigenvalue weighted by atomic mass is 10.2. The Morgan fingerprint density at radius 2 is 2.26 bits per heavy atom. The Morgan fingerprint density at radius 1 is 1.33 bits per heavy atom. The van der Waals surface area contributed by atoms with Gasteiger partial charge < -0.3 is 14.4 Å². The van der Waals surface area contributed by atoms with Gasteiger partial charge in [-0.3, -0.25) is 14.9 Å². The largest absolute Gasteiger partial charge is 0.350 e. The summed E-state index contributed by atoms with van der Waals surface area (Å²) in [6.45, 7) is 0.367. The number of aromatic amines is 1. The molecular formula is C18H17N7O2. The van der Waals surface area contributed by atoms with Gasteiger partial charge in [-0.1, -0.05) is 5.16 Å². The van der Waals surface area contributed by atoms with Gasteiger partial charge in [0, 0.05) is 44.2 Å². The Labute approximate surface area is 154 Å². The first-order chi connectivity index (χ1) is 13.2. The molecule has 0 aromatic carbocycles. The zero-order valence-electron chi connectivity index (χ0n) is 14.6. The van der Waals surface area contributed by atoms with Crippen molar-refractivity contribution in [3.05, 3.63) is 60.5 Å². The van der Waals surface area contributed by atoms with Crippen LogP contribution >= 0.6 is 0 Å². The molecule has 0 saturated carbocycles. The van der Waals surface area contributed by atoms with Crippen molar-refractivity contribution in [1.82, 2.24) is 35.2 Å². The fourth-order valence-electron chi connectivity index (χ4n) is 2.64. The van der Waals surface area contributed by atoms with Gasteiger partial charge in [0.2, 0.25) is 11.7 Å². The minimum Gasteiger partial charge on any atom is -0.350 e. The molecule has 4 aromatic heterocycles. The summed E-state index contributed by atoms with van der Waals surface area (Å²) in [4.78, 5) is 20.6. The van der Waals surface area contributed by atoms with Crippen molar-refractivity contribution in [2.75, 3.05) is 6.54 Å². The predicted octanol–water partition coefficient (Wildman–Crippen LogP) is 1.83. The first-order valence-electron chi connectivity index (χ1n) is 8.39. The van der Waals surface area contributed by atoms with Crippen LogP contribution in [0.5, 0.6) is 0 Å². The lowest BCUT2D eigenvalue weighted by Gasteiger charge is -2.00. The summed E-state index contributed by atoms with van der Waals surface area (Å²) < 4.78 is 7.15. The highest BCUT2D eigenvalue weighted by molar-refractivity contribution is 5.93. The second kappa shape index (κ2) is 7.24. The van der Waals surface area contributed by atoms with E-state index in [4.69, 9.17) is 4.52 Å². The van der Waals surface area contributed by atoms with E-state index < -0.39 is 0 Å². The van der Waals surface area contributed by atoms with Crippen LogP contribution in [0, 0.1) is 0 Å². The molecule has 4 heterocycles. The molecule has 2 N–H and O–H groups in total. The van der Waals surface area contributed by atoms with Crippen LogP contribution in [0.15, 0.2) is 53.4 Å². The van der Waals surface area contributed by atoms with Crippen molar-refractivity contribution < 1.29 is 9.32 Å². The second-order valence-electron chi connectivity index (χ2n) is 5.93. The Balaban J connectivity index is 1.33. The Morgan fingerprint density at radius 3 is 3.04 bits per heavy atom. The monoisotopic (exact) mass is 363 g/mol. The van der Waals surface area contributed by atoms with Crippen LogP contribution in [0.4, 0.5) is 0 Å². The molecule has 9 nitrogen and oxygen atoms in total. The summed E-state index contributed by atoms with van der Waals surface area (Å²) in [6, 6.07) is 9.24. The smallest absolute Gasteiger partial charge is 0.269 e. The second-order valence-corrected chi connectivity index (χ2v) is 5.93. The van der Waals surface area contributed by atoms with E-state index in [9.17, 15) is 4.79 Å². The van der Waals surface area contributed by atoms with E-state index in [1.54, 1.807) is 24.5 Å². The minimum atomic E-state index is -0.241. The van der Waals surface area contributed by atoms with Gasteiger partial charge in [0.25, 0.3) is 5.91 Å². The van der Waals surface area contributed by atoms with E-state index in [0.717, 1.165) is 11.3 Å². The Bertz CT molecular complexity index is 1050. The number of H-pyrrole nitrogens is 1. The minimum absolute atomic E-state index is 0.241. The fourth-order valence-corrected chi connectivity index (χ4v) is 2.64. The number of nitrogens with zero attached hydrogens (tertiary/aromatic N) is 5. The summed E-state index contributed by atoms with van der Waals surface area (Å²) in [7, 11) is 1.92. The maximum Gasteiger partial charge on any atom is 0.269 e. The van der Waals surface area contributed by atoms with E-state index in [2.05, 4.69) is 30.6 Å². The van der Waals surface area contributed by atoms with Crippen molar-refractivity contribution >= 4 is 5.91 Å². The molecular weight excluding hydrogens is 346 g/mol. The molecule has 0 fully saturated rings. The first kappa shape index (κ1) is 16.7. The van der Waals surface area contributed by atoms with Crippen LogP contribution < -0.4 is 5.32 Å². The Hall–Kier alpha value is -3.75. The van der Waals surface area contributed by atoms with Crippen LogP contribution in [0.25, 0.3) is 22.8 Å². The summed E-state index contributed by atoms with van der Waals surface area (Å²) in [5, 5.41) is 13.7. The average Bonchev–Trinajstić information content (AvgIpc) is 3.42. The fraction of sp³-hybridized carbons (Fsp3) is 0.167. The number of hydrogen-bond acceptors (Lipinski definition) is 6. The summed E-state index contributed by atoms with van der Waals surface area (Å²) in [6.07, 6.45) is 5.70. The number of aromatic nitrogens is 6. The van der Waals surface area contributed by atoms with Gasteiger partial charge in [0.1, 0.15) is 11.4 Å². The topological polar surface area (TPSA) is 115 Å². The third-order valence-electron chi connectivity index (χ3n) is 4.04. The highest BCUT2D eigenvalue weighted by atomic mass is 16.5. The number of carbonyl (C=O) groups excluding carboxylic acids is 1. The first-order valence-corrected chi connectivity index (χ1v) is 8.39. The van der Waals surface area contributed by atoms with Crippen LogP contribution in [0.1, 0.15) is 16.4 Å². The van der Waals surface area contributed by atoms with E-state index in [1.807, 2.05) is 36.0 Å². The number of pyridine rings is 1. The normalized spacial score (nSPS) is 10.9. The molecule has 1 amide bonds. The molecule has 0 saturated heterocycles. The molecule has 0 radical (unpaired) electrons. The maximum absolute atomic E-state index is 12.3. The highest BCUT2D eigenvalue weighted by Gasteiger charge is 2.13. The number of rotatable bonds is 6. The van der Waals surface area contributed by atoms with Crippen molar-refractivity contribution in [2.45, 2.75) is 6.42 Å². The molecule has 0 atom stereocenters. The molecule has 9 heteroatoms. The number of carbonyl (C=O) groups is 1. The van der Waals surface area contributed by atoms with E-state index >= 15 is 0 Å². The number of amides is 1. The quantitative estimate of drug-likeness (QED) is 0.540. The Kier molecular flexibility index (Phi) is 4.48. The zero-order chi connectivity index (χ0) is 18.6. The molecule has 0 aliphatic carbocycles. The van der Waals surface area contributed by atoms with Crippen molar-refractivity contribution in [2.24, 2.45) is 7.05 Å². The van der Waals surface area contributed by atoms with Gasteiger partial charge in [0.05, 0.1) is 5.69 Å². The lowest BCUT2D eigenvalue weighted by molar-refractivity contribution is 0.0948. The van der Waals surface area contributed by atoms with Gasteiger partial charge in [0.15, 0.2) is 0 Å². The standard InChI is InChI=1S/C18H17N7O2/c1-25-9-3-5-15(25)13-10-14(23-22-13)18(26)20-8-6-16-21-17(24-27-16)12-4-2-7-19-11-12/h2-5,7,9-11H,6,8H2,1H3,(H,20,26)(H,22,23). The number of hydrogen-bond donors (Lipinski definition) is 2. The number of nitrogens with one attached hydrogen (secondary N) is 2. The summed E-state index contributed by atoms with van der Waals surface area (Å²) in [5.74, 6) is 0.684. The highest BCUT2D eigenvalue weighted by Crippen LogP contribution is 2.17. The molecule has 27 heavy (non-hydrogen) atoms. The summed E-state index contributed by atoms with van der Waals surface area (Å²) in [5.41, 5.74) is 2.82. The molecule has 0 aliphatic rings. The van der Waals surface area contributed by atoms with Gasteiger partial charge in [-0.25, -0.2) is 0 Å². The van der Waals surface area contributed by atoms with Crippen LogP contribution in [-0.2, 0) is 13.5 Å². The molecule has 0 aliphatic heterocycles. The van der Waals surface area contributed by atoms with Gasteiger partial charge >= 0.3 is 0 Å². The molecule has 0 spiro atoms. The van der Waals surface area contributed by atoms with Crippen molar-refractivity contribution in [1.29, 1.82) is 0 Å². The summed E-state index contributed by atoms with van der Waals surface area (Å²) >= 11 is 0. The molecule has 0 bridgehead atoms. The van der Waals surface area contributed by atoms with E-state index in [0.29, 0.717) is 36.1 Å².